The van der Waals surface area contributed by atoms with E-state index in [-0.39, 0.29) is 20.4 Å². The molecule has 0 bridgehead atoms. The molecule has 0 unspecified atom stereocenters. The molecule has 0 fully saturated rings. The third kappa shape index (κ3) is 6.42. The third-order valence-electron chi connectivity index (χ3n) is 6.39. The smallest absolute Gasteiger partial charge is 0.306 e. The number of hydrogen-bond donors (Lipinski definition) is 0. The van der Waals surface area contributed by atoms with Gasteiger partial charge in [0.25, 0.3) is 0 Å². The van der Waals surface area contributed by atoms with Crippen LogP contribution in [0.3, 0.4) is 0 Å². The number of nitrogens with zero attached hydrogens (tertiary/aromatic N) is 1. The van der Waals surface area contributed by atoms with Crippen LogP contribution in [0.1, 0.15) is 22.3 Å². The van der Waals surface area contributed by atoms with Crippen molar-refractivity contribution in [1.29, 1.82) is 0 Å². The van der Waals surface area contributed by atoms with Gasteiger partial charge in [-0.05, 0) is 14.1 Å². The van der Waals surface area contributed by atoms with Gasteiger partial charge in [-0.1, -0.05) is 96.1 Å². The van der Waals surface area contributed by atoms with Gasteiger partial charge in [0, 0.05) is 6.54 Å². The summed E-state index contributed by atoms with van der Waals surface area (Å²) in [5.41, 5.74) is 9.41. The molecule has 0 aromatic heterocycles. The van der Waals surface area contributed by atoms with Crippen LogP contribution in [-0.4, -0.2) is 25.5 Å². The van der Waals surface area contributed by atoms with Crippen LogP contribution < -0.4 is 0 Å². The molecule has 1 aliphatic rings. The largest absolute Gasteiger partial charge is 2.00 e. The average Bonchev–Trinajstić information content (AvgIpc) is 3.39. The molecule has 0 saturated carbocycles. The Kier molecular flexibility index (Phi) is 9.52. The number of likely N-dealkylation sites (N-methyl/N-ethyl adjacent to an activating group) is 1. The molecule has 0 atom stereocenters. The maximum atomic E-state index is 3.81. The Morgan fingerprint density at radius 3 is 1.79 bits per heavy atom. The van der Waals surface area contributed by atoms with E-state index < -0.39 is 0 Å². The van der Waals surface area contributed by atoms with Crippen molar-refractivity contribution in [2.45, 2.75) is 0 Å². The predicted molar refractivity (Wildman–Crippen MR) is 157 cm³/mol. The predicted octanol–water partition coefficient (Wildman–Crippen LogP) is 8.05. The Morgan fingerprint density at radius 2 is 1.21 bits per heavy atom. The van der Waals surface area contributed by atoms with Gasteiger partial charge in [-0.3, -0.25) is 0 Å². The Labute approximate surface area is 241 Å². The van der Waals surface area contributed by atoms with Crippen molar-refractivity contribution >= 4 is 11.1 Å². The molecule has 38 heavy (non-hydrogen) atoms. The van der Waals surface area contributed by atoms with E-state index in [4.69, 9.17) is 0 Å². The van der Waals surface area contributed by atoms with Crippen LogP contribution >= 0.6 is 0 Å². The van der Waals surface area contributed by atoms with Crippen LogP contribution in [0.25, 0.3) is 11.1 Å². The van der Waals surface area contributed by atoms with E-state index in [1.54, 1.807) is 0 Å². The minimum absolute atomic E-state index is 0. The second kappa shape index (κ2) is 13.2. The fraction of sp³-hybridized carbons (Fsp3) is 0.0833. The van der Waals surface area contributed by atoms with Gasteiger partial charge in [0.2, 0.25) is 0 Å². The van der Waals surface area contributed by atoms with Gasteiger partial charge in [-0.2, -0.15) is 11.1 Å². The first-order valence-electron chi connectivity index (χ1n) is 12.7. The molecule has 4 aromatic carbocycles. The quantitative estimate of drug-likeness (QED) is 0.115. The van der Waals surface area contributed by atoms with Crippen molar-refractivity contribution < 1.29 is 20.4 Å². The Hall–Kier alpha value is -3.67. The molecular formula is C36H31NPd. The molecule has 0 N–H and O–H groups in total. The van der Waals surface area contributed by atoms with Crippen molar-refractivity contribution in [2.75, 3.05) is 20.6 Å². The fourth-order valence-corrected chi connectivity index (χ4v) is 4.79. The SMILES string of the molecule is CN(C)CC1=CC=C/C1=C(\c1ccccc1)[C-](C(=[C-]c1ccccc1)c1ccccc1)c1ccccc1.[Pd+2]. The van der Waals surface area contributed by atoms with E-state index in [0.29, 0.717) is 0 Å². The minimum atomic E-state index is 0. The van der Waals surface area contributed by atoms with Gasteiger partial charge < -0.3 is 4.90 Å². The van der Waals surface area contributed by atoms with Gasteiger partial charge in [0.1, 0.15) is 0 Å². The molecule has 1 nitrogen and oxygen atoms in total. The summed E-state index contributed by atoms with van der Waals surface area (Å²) in [4.78, 5) is 2.23. The molecule has 0 radical (unpaired) electrons. The summed E-state index contributed by atoms with van der Waals surface area (Å²) < 4.78 is 0. The van der Waals surface area contributed by atoms with E-state index in [9.17, 15) is 0 Å². The molecule has 0 amide bonds. The molecule has 0 aliphatic heterocycles. The molecule has 0 heterocycles. The van der Waals surface area contributed by atoms with Gasteiger partial charge in [-0.25, -0.2) is 0 Å². The van der Waals surface area contributed by atoms with Gasteiger partial charge in [0.15, 0.2) is 0 Å². The first kappa shape index (κ1) is 27.4. The number of allylic oxidation sites excluding steroid dienone is 5. The number of benzene rings is 4. The summed E-state index contributed by atoms with van der Waals surface area (Å²) in [6.07, 6.45) is 10.5. The third-order valence-corrected chi connectivity index (χ3v) is 6.39. The summed E-state index contributed by atoms with van der Waals surface area (Å²) in [6.45, 7) is 0.869. The van der Waals surface area contributed by atoms with E-state index in [1.807, 2.05) is 6.07 Å². The van der Waals surface area contributed by atoms with Gasteiger partial charge in [-0.15, -0.1) is 88.9 Å². The summed E-state index contributed by atoms with van der Waals surface area (Å²) in [5, 5.41) is 0. The van der Waals surface area contributed by atoms with Crippen LogP contribution in [-0.2, 0) is 20.4 Å². The number of rotatable bonds is 8. The van der Waals surface area contributed by atoms with Crippen LogP contribution in [0.2, 0.25) is 0 Å². The molecule has 0 spiro atoms. The Bertz CT molecular complexity index is 1430. The van der Waals surface area contributed by atoms with Crippen molar-refractivity contribution in [3.8, 4) is 0 Å². The fourth-order valence-electron chi connectivity index (χ4n) is 4.79. The summed E-state index contributed by atoms with van der Waals surface area (Å²) in [7, 11) is 4.25. The number of hydrogen-bond acceptors (Lipinski definition) is 1. The van der Waals surface area contributed by atoms with E-state index >= 15 is 0 Å². The minimum Gasteiger partial charge on any atom is -0.306 e. The molecule has 190 valence electrons. The van der Waals surface area contributed by atoms with Crippen molar-refractivity contribution in [3.63, 3.8) is 0 Å². The molecular weight excluding hydrogens is 553 g/mol. The van der Waals surface area contributed by atoms with Crippen LogP contribution in [0.5, 0.6) is 0 Å². The first-order valence-corrected chi connectivity index (χ1v) is 12.7. The van der Waals surface area contributed by atoms with E-state index in [2.05, 4.69) is 159 Å². The maximum Gasteiger partial charge on any atom is 2.00 e. The van der Waals surface area contributed by atoms with Crippen LogP contribution in [0, 0.1) is 12.0 Å². The monoisotopic (exact) mass is 583 g/mol. The summed E-state index contributed by atoms with van der Waals surface area (Å²) >= 11 is 0. The topological polar surface area (TPSA) is 3.24 Å². The van der Waals surface area contributed by atoms with Gasteiger partial charge >= 0.3 is 20.4 Å². The summed E-state index contributed by atoms with van der Waals surface area (Å²) in [5.74, 6) is 1.17. The molecule has 4 aromatic rings. The van der Waals surface area contributed by atoms with Crippen molar-refractivity contribution in [3.05, 3.63) is 185 Å². The molecule has 1 aliphatic carbocycles. The van der Waals surface area contributed by atoms with E-state index in [1.165, 1.54) is 33.8 Å². The second-order valence-electron chi connectivity index (χ2n) is 9.42. The Morgan fingerprint density at radius 1 is 0.684 bits per heavy atom. The van der Waals surface area contributed by atoms with Gasteiger partial charge in [0.05, 0.1) is 0 Å². The van der Waals surface area contributed by atoms with Crippen LogP contribution in [0.15, 0.2) is 151 Å². The second-order valence-corrected chi connectivity index (χ2v) is 9.42. The zero-order valence-corrected chi connectivity index (χ0v) is 23.3. The molecule has 0 saturated heterocycles. The average molecular weight is 584 g/mol. The standard InChI is InChI=1S/C36H31N.Pd/c1-37(2)27-32-24-15-25-33(32)35(30-20-11-5-12-21-30)36(31-22-13-6-14-23-31)34(29-18-9-4-10-19-29)26-28-16-7-3-8-17-28;/h3-25H,27H2,1-2H3;/q-2;+2/b35-33-;. The van der Waals surface area contributed by atoms with Crippen molar-refractivity contribution in [1.82, 2.24) is 4.90 Å². The zero-order valence-electron chi connectivity index (χ0n) is 21.7. The van der Waals surface area contributed by atoms with E-state index in [0.717, 1.165) is 23.2 Å². The Balaban J connectivity index is 0.00000336. The first-order chi connectivity index (χ1) is 18.2. The summed E-state index contributed by atoms with van der Waals surface area (Å²) in [6, 6.07) is 42.6. The normalized spacial score (nSPS) is 14.2. The van der Waals surface area contributed by atoms with Crippen molar-refractivity contribution in [2.24, 2.45) is 0 Å². The maximum absolute atomic E-state index is 3.81. The zero-order chi connectivity index (χ0) is 25.5. The van der Waals surface area contributed by atoms with Crippen LogP contribution in [0.4, 0.5) is 0 Å². The molecule has 2 heteroatoms. The molecule has 5 rings (SSSR count).